The van der Waals surface area contributed by atoms with Gasteiger partial charge in [-0.3, -0.25) is 9.80 Å². The molecule has 4 aromatic carbocycles. The molecule has 0 aliphatic heterocycles. The van der Waals surface area contributed by atoms with E-state index in [-0.39, 0.29) is 25.2 Å². The molecule has 0 radical (unpaired) electrons. The molecule has 2 aromatic heterocycles. The van der Waals surface area contributed by atoms with Crippen molar-refractivity contribution in [3.63, 3.8) is 0 Å². The summed E-state index contributed by atoms with van der Waals surface area (Å²) in [7, 11) is 2.77. The zero-order chi connectivity index (χ0) is 43.3. The van der Waals surface area contributed by atoms with Crippen molar-refractivity contribution in [1.82, 2.24) is 19.8 Å². The number of benzene rings is 4. The molecule has 2 heterocycles. The molecule has 324 valence electrons. The number of nitrogens with one attached hydrogen (secondary N) is 2. The minimum atomic E-state index is -0.345. The van der Waals surface area contributed by atoms with Gasteiger partial charge in [-0.05, 0) is 120 Å². The van der Waals surface area contributed by atoms with Crippen LogP contribution < -0.4 is 0 Å². The van der Waals surface area contributed by atoms with Gasteiger partial charge in [-0.25, -0.2) is 9.59 Å². The molecule has 4 N–H and O–H groups in total. The van der Waals surface area contributed by atoms with E-state index in [1.807, 2.05) is 12.1 Å². The average Bonchev–Trinajstić information content (AvgIpc) is 3.93. The minimum absolute atomic E-state index is 0.152. The van der Waals surface area contributed by atoms with Gasteiger partial charge in [0.1, 0.15) is 0 Å². The van der Waals surface area contributed by atoms with Crippen LogP contribution in [0.25, 0.3) is 34.0 Å². The summed E-state index contributed by atoms with van der Waals surface area (Å²) >= 11 is 0. The van der Waals surface area contributed by atoms with Gasteiger partial charge in [0.05, 0.1) is 27.4 Å². The van der Waals surface area contributed by atoms with E-state index in [1.54, 1.807) is 12.2 Å². The highest BCUT2D eigenvalue weighted by molar-refractivity contribution is 5.87. The van der Waals surface area contributed by atoms with Crippen LogP contribution in [-0.4, -0.2) is 95.5 Å². The number of rotatable bonds is 16. The molecule has 2 aliphatic rings. The van der Waals surface area contributed by atoms with E-state index in [0.29, 0.717) is 25.2 Å². The molecule has 0 bridgehead atoms. The maximum absolute atomic E-state index is 11.4. The van der Waals surface area contributed by atoms with Crippen molar-refractivity contribution in [2.45, 2.75) is 63.5 Å². The smallest absolute Gasteiger partial charge is 0.330 e. The molecule has 2 atom stereocenters. The van der Waals surface area contributed by atoms with Gasteiger partial charge in [0, 0.05) is 84.6 Å². The molecule has 2 unspecified atom stereocenters. The van der Waals surface area contributed by atoms with Gasteiger partial charge < -0.3 is 29.7 Å². The first-order chi connectivity index (χ1) is 30.4. The third-order valence-corrected chi connectivity index (χ3v) is 12.5. The number of aliphatic hydroxyl groups excluding tert-OH is 2. The van der Waals surface area contributed by atoms with Crippen molar-refractivity contribution in [3.05, 3.63) is 154 Å². The lowest BCUT2D eigenvalue weighted by molar-refractivity contribution is -0.135. The molecular weight excluding hydrogens is 777 g/mol. The number of para-hydroxylation sites is 2. The number of ether oxygens (including phenoxy) is 2. The van der Waals surface area contributed by atoms with Gasteiger partial charge >= 0.3 is 11.9 Å². The van der Waals surface area contributed by atoms with Gasteiger partial charge in [0.2, 0.25) is 0 Å². The highest BCUT2D eigenvalue weighted by atomic mass is 16.5. The summed E-state index contributed by atoms with van der Waals surface area (Å²) in [6, 6.07) is 30.3. The number of carbonyl (C=O) groups is 2. The molecule has 0 saturated carbocycles. The molecule has 10 nitrogen and oxygen atoms in total. The Kier molecular flexibility index (Phi) is 15.6. The van der Waals surface area contributed by atoms with E-state index in [1.165, 1.54) is 81.6 Å². The average molecular weight is 837 g/mol. The Labute approximate surface area is 364 Å². The summed E-state index contributed by atoms with van der Waals surface area (Å²) in [5.74, 6) is -0.691. The first-order valence-electron chi connectivity index (χ1n) is 22.0. The maximum Gasteiger partial charge on any atom is 0.330 e. The predicted octanol–water partition coefficient (Wildman–Crippen LogP) is 8.54. The molecule has 6 aromatic rings. The van der Waals surface area contributed by atoms with Gasteiger partial charge in [-0.1, -0.05) is 72.8 Å². The second kappa shape index (κ2) is 21.8. The zero-order valence-corrected chi connectivity index (χ0v) is 36.0. The van der Waals surface area contributed by atoms with Crippen LogP contribution in [0.15, 0.2) is 109 Å². The number of aryl methyl sites for hydroxylation is 2. The van der Waals surface area contributed by atoms with Gasteiger partial charge in [-0.2, -0.15) is 0 Å². The van der Waals surface area contributed by atoms with Crippen LogP contribution in [0.5, 0.6) is 0 Å². The third kappa shape index (κ3) is 11.0. The van der Waals surface area contributed by atoms with E-state index in [4.69, 9.17) is 0 Å². The quantitative estimate of drug-likeness (QED) is 0.0564. The third-order valence-electron chi connectivity index (χ3n) is 12.5. The van der Waals surface area contributed by atoms with E-state index < -0.39 is 0 Å². The highest BCUT2D eigenvalue weighted by Crippen LogP contribution is 2.37. The number of carbonyl (C=O) groups excluding carboxylic acids is 2. The van der Waals surface area contributed by atoms with Gasteiger partial charge in [0.15, 0.2) is 0 Å². The van der Waals surface area contributed by atoms with Crippen LogP contribution in [0.4, 0.5) is 0 Å². The van der Waals surface area contributed by atoms with Crippen molar-refractivity contribution >= 4 is 45.9 Å². The molecule has 0 spiro atoms. The van der Waals surface area contributed by atoms with Crippen LogP contribution in [0.2, 0.25) is 0 Å². The summed E-state index contributed by atoms with van der Waals surface area (Å²) in [6.07, 6.45) is 19.1. The van der Waals surface area contributed by atoms with Crippen LogP contribution >= 0.6 is 0 Å². The zero-order valence-electron chi connectivity index (χ0n) is 36.0. The van der Waals surface area contributed by atoms with Gasteiger partial charge in [-0.15, -0.1) is 0 Å². The second-order valence-electron chi connectivity index (χ2n) is 16.2. The molecule has 8 rings (SSSR count). The molecule has 62 heavy (non-hydrogen) atoms. The number of fused-ring (bicyclic) bond motifs is 4. The minimum Gasteiger partial charge on any atom is -0.466 e. The fourth-order valence-electron chi connectivity index (χ4n) is 9.36. The van der Waals surface area contributed by atoms with E-state index in [0.717, 1.165) is 75.6 Å². The highest BCUT2D eigenvalue weighted by Gasteiger charge is 2.27. The van der Waals surface area contributed by atoms with E-state index in [9.17, 15) is 19.8 Å². The van der Waals surface area contributed by atoms with Crippen molar-refractivity contribution in [3.8, 4) is 0 Å². The number of H-pyrrole nitrogens is 2. The van der Waals surface area contributed by atoms with Crippen LogP contribution in [0.1, 0.15) is 82.3 Å². The Morgan fingerprint density at radius 3 is 1.48 bits per heavy atom. The lowest BCUT2D eigenvalue weighted by atomic mass is 9.85. The summed E-state index contributed by atoms with van der Waals surface area (Å²) in [4.78, 5) is 34.4. The lowest BCUT2D eigenvalue weighted by Gasteiger charge is -2.36. The van der Waals surface area contributed by atoms with Crippen LogP contribution in [0, 0.1) is 0 Å². The van der Waals surface area contributed by atoms with Gasteiger partial charge in [0.25, 0.3) is 0 Å². The summed E-state index contributed by atoms with van der Waals surface area (Å²) < 4.78 is 9.37. The number of hydrogen-bond acceptors (Lipinski definition) is 8. The Bertz CT molecular complexity index is 2310. The predicted molar refractivity (Wildman–Crippen MR) is 248 cm³/mol. The molecule has 0 saturated heterocycles. The lowest BCUT2D eigenvalue weighted by Crippen LogP contribution is -2.35. The Morgan fingerprint density at radius 1 is 0.629 bits per heavy atom. The Morgan fingerprint density at radius 2 is 1.06 bits per heavy atom. The summed E-state index contributed by atoms with van der Waals surface area (Å²) in [6.45, 7) is 3.43. The van der Waals surface area contributed by atoms with Crippen LogP contribution in [0.3, 0.4) is 0 Å². The van der Waals surface area contributed by atoms with E-state index in [2.05, 4.69) is 114 Å². The normalized spacial score (nSPS) is 16.2. The molecule has 0 fully saturated rings. The monoisotopic (exact) mass is 836 g/mol. The standard InChI is InChI=1S/2C26H30N2O3/c2*1-31-26(30)12-10-19-9-11-23-20(17-19)5-4-8-25(23)28(15-16-29)14-13-21-18-27-24-7-3-2-6-22(21)24/h2*2-3,6-7,9-12,17-18,25,27,29H,4-5,8,13-16H2,1H3/b2*12-10+. The van der Waals surface area contributed by atoms with E-state index >= 15 is 0 Å². The summed E-state index contributed by atoms with van der Waals surface area (Å²) in [5.41, 5.74) is 12.3. The molecule has 10 heteroatoms. The molecule has 2 aliphatic carbocycles. The SMILES string of the molecule is COC(=O)/C=C/c1ccc2c(c1)CCCC2N(CCO)CCc1c[nH]c2ccccc12.COC(=O)/C=C/c1ccc2c(c1)CCCC2N(CCO)CCc1c[nH]c2ccccc12. The molecular formula is C52H60N4O6. The number of aromatic nitrogens is 2. The summed E-state index contributed by atoms with van der Waals surface area (Å²) in [5, 5.41) is 22.0. The number of aromatic amines is 2. The first kappa shape index (κ1) is 44.3. The first-order valence-corrected chi connectivity index (χ1v) is 22.0. The largest absolute Gasteiger partial charge is 0.466 e. The molecule has 0 amide bonds. The Hall–Kier alpha value is -5.78. The number of aliphatic hydroxyl groups is 2. The topological polar surface area (TPSA) is 131 Å². The number of methoxy groups -OCH3 is 2. The maximum atomic E-state index is 11.4. The number of esters is 2. The fourth-order valence-corrected chi connectivity index (χ4v) is 9.36. The van der Waals surface area contributed by atoms with Crippen LogP contribution in [-0.2, 0) is 44.7 Å². The van der Waals surface area contributed by atoms with Crippen molar-refractivity contribution < 1.29 is 29.3 Å². The number of nitrogens with zero attached hydrogens (tertiary/aromatic N) is 2. The van der Waals surface area contributed by atoms with Crippen molar-refractivity contribution in [2.75, 3.05) is 53.6 Å². The van der Waals surface area contributed by atoms with Crippen molar-refractivity contribution in [1.29, 1.82) is 0 Å². The van der Waals surface area contributed by atoms with Crippen molar-refractivity contribution in [2.24, 2.45) is 0 Å². The fraction of sp³-hybridized carbons (Fsp3) is 0.346. The number of hydrogen-bond donors (Lipinski definition) is 4. The second-order valence-corrected chi connectivity index (χ2v) is 16.2. The Balaban J connectivity index is 0.000000186.